The van der Waals surface area contributed by atoms with Crippen LogP contribution in [0, 0.1) is 11.3 Å². The first-order chi connectivity index (χ1) is 8.47. The molecule has 0 aliphatic carbocycles. The lowest BCUT2D eigenvalue weighted by Crippen LogP contribution is -2.53. The summed E-state index contributed by atoms with van der Waals surface area (Å²) >= 11 is 0. The minimum absolute atomic E-state index is 0.0175. The van der Waals surface area contributed by atoms with Crippen LogP contribution in [0.1, 0.15) is 12.8 Å². The highest BCUT2D eigenvalue weighted by molar-refractivity contribution is 7.89. The van der Waals surface area contributed by atoms with Crippen LogP contribution in [0.5, 0.6) is 0 Å². The summed E-state index contributed by atoms with van der Waals surface area (Å²) in [6.07, 6.45) is 3.48. The van der Waals surface area contributed by atoms with Gasteiger partial charge in [0.25, 0.3) is 10.0 Å². The van der Waals surface area contributed by atoms with Crippen molar-refractivity contribution in [3.8, 4) is 6.07 Å². The Morgan fingerprint density at radius 1 is 1.56 bits per heavy atom. The van der Waals surface area contributed by atoms with Crippen LogP contribution < -0.4 is 4.72 Å². The molecule has 1 aliphatic rings. The number of nitrogens with zero attached hydrogens (tertiary/aromatic N) is 3. The average molecular weight is 269 g/mol. The standard InChI is InChI=1S/C10H15N5O2S/c1-15-4-2-10(7-11,3-5-15)14-18(16,17)9-6-12-8-13-9/h6,8,14H,2-5H2,1H3,(H,12,13). The Morgan fingerprint density at radius 3 is 2.72 bits per heavy atom. The molecule has 0 bridgehead atoms. The van der Waals surface area contributed by atoms with E-state index in [0.29, 0.717) is 25.9 Å². The first-order valence-corrected chi connectivity index (χ1v) is 7.08. The summed E-state index contributed by atoms with van der Waals surface area (Å²) in [5, 5.41) is 9.25. The van der Waals surface area contributed by atoms with Crippen molar-refractivity contribution in [1.82, 2.24) is 19.6 Å². The molecule has 1 aromatic rings. The highest BCUT2D eigenvalue weighted by atomic mass is 32.2. The summed E-state index contributed by atoms with van der Waals surface area (Å²) in [6, 6.07) is 2.10. The first kappa shape index (κ1) is 13.0. The van der Waals surface area contributed by atoms with Gasteiger partial charge in [-0.05, 0) is 19.9 Å². The number of nitrogens with one attached hydrogen (secondary N) is 2. The number of likely N-dealkylation sites (tertiary alicyclic amines) is 1. The number of hydrogen-bond acceptors (Lipinski definition) is 5. The van der Waals surface area contributed by atoms with Crippen molar-refractivity contribution in [1.29, 1.82) is 5.26 Å². The minimum Gasteiger partial charge on any atom is -0.335 e. The summed E-state index contributed by atoms with van der Waals surface area (Å²) in [7, 11) is -1.76. The monoisotopic (exact) mass is 269 g/mol. The van der Waals surface area contributed by atoms with Crippen molar-refractivity contribution in [2.45, 2.75) is 23.4 Å². The lowest BCUT2D eigenvalue weighted by Gasteiger charge is -2.35. The smallest absolute Gasteiger partial charge is 0.258 e. The first-order valence-electron chi connectivity index (χ1n) is 5.60. The van der Waals surface area contributed by atoms with E-state index in [1.165, 1.54) is 12.5 Å². The summed E-state index contributed by atoms with van der Waals surface area (Å²) < 4.78 is 26.6. The van der Waals surface area contributed by atoms with Crippen LogP contribution in [-0.4, -0.2) is 49.0 Å². The molecule has 0 unspecified atom stereocenters. The third-order valence-corrected chi connectivity index (χ3v) is 4.61. The largest absolute Gasteiger partial charge is 0.335 e. The predicted molar refractivity (Wildman–Crippen MR) is 64.0 cm³/mol. The summed E-state index contributed by atoms with van der Waals surface area (Å²) in [4.78, 5) is 8.28. The van der Waals surface area contributed by atoms with Gasteiger partial charge in [0, 0.05) is 13.1 Å². The van der Waals surface area contributed by atoms with Gasteiger partial charge in [-0.15, -0.1) is 0 Å². The zero-order valence-corrected chi connectivity index (χ0v) is 10.9. The third kappa shape index (κ3) is 2.53. The van der Waals surface area contributed by atoms with Crippen molar-refractivity contribution in [3.63, 3.8) is 0 Å². The van der Waals surface area contributed by atoms with E-state index in [9.17, 15) is 13.7 Å². The van der Waals surface area contributed by atoms with E-state index in [1.54, 1.807) is 0 Å². The molecule has 8 heteroatoms. The maximum atomic E-state index is 12.1. The second-order valence-electron chi connectivity index (χ2n) is 4.52. The molecule has 7 nitrogen and oxygen atoms in total. The second kappa shape index (κ2) is 4.68. The van der Waals surface area contributed by atoms with Gasteiger partial charge in [0.2, 0.25) is 0 Å². The molecule has 1 aliphatic heterocycles. The van der Waals surface area contributed by atoms with Gasteiger partial charge in [-0.1, -0.05) is 0 Å². The molecule has 1 aromatic heterocycles. The fourth-order valence-electron chi connectivity index (χ4n) is 1.94. The fraction of sp³-hybridized carbons (Fsp3) is 0.600. The molecule has 2 rings (SSSR count). The molecule has 0 radical (unpaired) electrons. The third-order valence-electron chi connectivity index (χ3n) is 3.15. The number of aromatic amines is 1. The van der Waals surface area contributed by atoms with Gasteiger partial charge in [0.05, 0.1) is 18.6 Å². The Hall–Kier alpha value is -1.43. The maximum absolute atomic E-state index is 12.1. The number of sulfonamides is 1. The van der Waals surface area contributed by atoms with E-state index in [1.807, 2.05) is 7.05 Å². The summed E-state index contributed by atoms with van der Waals surface area (Å²) in [5.41, 5.74) is -1.02. The van der Waals surface area contributed by atoms with Crippen LogP contribution in [0.3, 0.4) is 0 Å². The number of aromatic nitrogens is 2. The molecule has 2 heterocycles. The molecular formula is C10H15N5O2S. The number of nitriles is 1. The Kier molecular flexibility index (Phi) is 3.38. The summed E-state index contributed by atoms with van der Waals surface area (Å²) in [6.45, 7) is 1.39. The molecule has 0 saturated carbocycles. The Labute approximate surface area is 106 Å². The van der Waals surface area contributed by atoms with Gasteiger partial charge in [-0.2, -0.15) is 9.98 Å². The van der Waals surface area contributed by atoms with Gasteiger partial charge in [-0.25, -0.2) is 13.4 Å². The van der Waals surface area contributed by atoms with E-state index in [-0.39, 0.29) is 5.03 Å². The molecule has 18 heavy (non-hydrogen) atoms. The van der Waals surface area contributed by atoms with Crippen LogP contribution in [0.4, 0.5) is 0 Å². The number of piperidine rings is 1. The fourth-order valence-corrected chi connectivity index (χ4v) is 3.22. The topological polar surface area (TPSA) is 102 Å². The van der Waals surface area contributed by atoms with Crippen LogP contribution in [-0.2, 0) is 10.0 Å². The Morgan fingerprint density at radius 2 is 2.22 bits per heavy atom. The molecule has 0 spiro atoms. The molecule has 2 N–H and O–H groups in total. The van der Waals surface area contributed by atoms with Crippen molar-refractivity contribution >= 4 is 10.0 Å². The van der Waals surface area contributed by atoms with Crippen LogP contribution in [0.25, 0.3) is 0 Å². The Bertz CT molecular complexity index is 537. The lowest BCUT2D eigenvalue weighted by atomic mass is 9.91. The van der Waals surface area contributed by atoms with Gasteiger partial charge < -0.3 is 9.88 Å². The van der Waals surface area contributed by atoms with Gasteiger partial charge >= 0.3 is 0 Å². The van der Waals surface area contributed by atoms with Crippen LogP contribution in [0.2, 0.25) is 0 Å². The number of hydrogen-bond donors (Lipinski definition) is 2. The van der Waals surface area contributed by atoms with E-state index < -0.39 is 15.6 Å². The predicted octanol–water partition coefficient (Wildman–Crippen LogP) is -0.324. The van der Waals surface area contributed by atoms with Crippen molar-refractivity contribution in [2.75, 3.05) is 20.1 Å². The number of H-pyrrole nitrogens is 1. The SMILES string of the molecule is CN1CCC(C#N)(NS(=O)(=O)c2cnc[nH]2)CC1. The molecule has 0 amide bonds. The van der Waals surface area contributed by atoms with Gasteiger partial charge in [-0.3, -0.25) is 0 Å². The second-order valence-corrected chi connectivity index (χ2v) is 6.17. The zero-order valence-electron chi connectivity index (χ0n) is 10.0. The average Bonchev–Trinajstić information content (AvgIpc) is 2.87. The molecular weight excluding hydrogens is 254 g/mol. The van der Waals surface area contributed by atoms with Crippen molar-refractivity contribution in [2.24, 2.45) is 0 Å². The van der Waals surface area contributed by atoms with Crippen molar-refractivity contribution in [3.05, 3.63) is 12.5 Å². The van der Waals surface area contributed by atoms with E-state index in [2.05, 4.69) is 25.7 Å². The lowest BCUT2D eigenvalue weighted by molar-refractivity contribution is 0.213. The minimum atomic E-state index is -3.71. The number of imidazole rings is 1. The van der Waals surface area contributed by atoms with Crippen LogP contribution in [0.15, 0.2) is 17.6 Å². The summed E-state index contributed by atoms with van der Waals surface area (Å²) in [5.74, 6) is 0. The van der Waals surface area contributed by atoms with Gasteiger partial charge in [0.15, 0.2) is 5.03 Å². The Balaban J connectivity index is 2.20. The number of rotatable bonds is 3. The quantitative estimate of drug-likeness (QED) is 0.782. The zero-order chi connectivity index (χ0) is 13.2. The molecule has 0 atom stereocenters. The van der Waals surface area contributed by atoms with Gasteiger partial charge in [0.1, 0.15) is 5.54 Å². The highest BCUT2D eigenvalue weighted by Gasteiger charge is 2.38. The molecule has 1 fully saturated rings. The van der Waals surface area contributed by atoms with Crippen LogP contribution >= 0.6 is 0 Å². The molecule has 98 valence electrons. The van der Waals surface area contributed by atoms with E-state index in [0.717, 1.165) is 0 Å². The van der Waals surface area contributed by atoms with E-state index >= 15 is 0 Å². The maximum Gasteiger partial charge on any atom is 0.258 e. The highest BCUT2D eigenvalue weighted by Crippen LogP contribution is 2.23. The molecule has 0 aromatic carbocycles. The van der Waals surface area contributed by atoms with E-state index in [4.69, 9.17) is 0 Å². The molecule has 1 saturated heterocycles. The normalized spacial score (nSPS) is 20.4. The van der Waals surface area contributed by atoms with Crippen molar-refractivity contribution < 1.29 is 8.42 Å².